The van der Waals surface area contributed by atoms with Gasteiger partial charge in [-0.25, -0.2) is 9.78 Å². The van der Waals surface area contributed by atoms with Crippen LogP contribution in [-0.2, 0) is 4.74 Å². The third-order valence-electron chi connectivity index (χ3n) is 4.32. The number of aromatic amines is 1. The van der Waals surface area contributed by atoms with E-state index in [1.807, 2.05) is 55.5 Å². The van der Waals surface area contributed by atoms with E-state index < -0.39 is 5.97 Å². The van der Waals surface area contributed by atoms with Crippen molar-refractivity contribution in [3.05, 3.63) is 65.9 Å². The van der Waals surface area contributed by atoms with Crippen LogP contribution in [0.3, 0.4) is 0 Å². The lowest BCUT2D eigenvalue weighted by Crippen LogP contribution is -2.08. The summed E-state index contributed by atoms with van der Waals surface area (Å²) in [5, 5.41) is 2.09. The van der Waals surface area contributed by atoms with Gasteiger partial charge in [0.2, 0.25) is 0 Å². The zero-order chi connectivity index (χ0) is 16.7. The molecule has 4 nitrogen and oxygen atoms in total. The summed E-state index contributed by atoms with van der Waals surface area (Å²) in [6.07, 6.45) is 0. The van der Waals surface area contributed by atoms with Crippen molar-refractivity contribution in [3.63, 3.8) is 0 Å². The molecule has 2 heterocycles. The molecule has 0 bridgehead atoms. The maximum atomic E-state index is 12.2. The number of nitrogens with zero attached hydrogens (tertiary/aromatic N) is 1. The van der Waals surface area contributed by atoms with Gasteiger partial charge in [0.15, 0.2) is 5.69 Å². The number of aromatic nitrogens is 2. The number of aryl methyl sites for hydroxylation is 1. The molecule has 0 amide bonds. The maximum Gasteiger partial charge on any atom is 0.356 e. The van der Waals surface area contributed by atoms with Gasteiger partial charge in [-0.2, -0.15) is 0 Å². The molecule has 4 rings (SSSR count). The van der Waals surface area contributed by atoms with Gasteiger partial charge in [-0.15, -0.1) is 0 Å². The lowest BCUT2D eigenvalue weighted by Gasteiger charge is -2.10. The summed E-state index contributed by atoms with van der Waals surface area (Å²) in [5.41, 5.74) is 4.86. The zero-order valence-corrected chi connectivity index (χ0v) is 13.5. The van der Waals surface area contributed by atoms with E-state index >= 15 is 0 Å². The minimum absolute atomic E-state index is 0.355. The van der Waals surface area contributed by atoms with E-state index in [0.717, 1.165) is 38.6 Å². The number of benzene rings is 2. The van der Waals surface area contributed by atoms with E-state index in [4.69, 9.17) is 4.74 Å². The predicted octanol–water partition coefficient (Wildman–Crippen LogP) is 4.48. The van der Waals surface area contributed by atoms with Crippen LogP contribution in [0.1, 0.15) is 16.1 Å². The van der Waals surface area contributed by atoms with Crippen molar-refractivity contribution in [2.45, 2.75) is 6.92 Å². The normalized spacial score (nSPS) is 11.1. The molecule has 0 aliphatic heterocycles. The Balaban J connectivity index is 2.18. The van der Waals surface area contributed by atoms with Gasteiger partial charge in [0.05, 0.1) is 18.3 Å². The highest BCUT2D eigenvalue weighted by molar-refractivity contribution is 6.14. The van der Waals surface area contributed by atoms with Crippen LogP contribution < -0.4 is 0 Å². The van der Waals surface area contributed by atoms with Crippen LogP contribution in [-0.4, -0.2) is 23.0 Å². The molecule has 118 valence electrons. The van der Waals surface area contributed by atoms with E-state index in [1.54, 1.807) is 0 Å². The van der Waals surface area contributed by atoms with E-state index in [1.165, 1.54) is 7.11 Å². The van der Waals surface area contributed by atoms with Crippen LogP contribution in [0.25, 0.3) is 33.1 Å². The predicted molar refractivity (Wildman–Crippen MR) is 95.1 cm³/mol. The molecule has 0 aliphatic carbocycles. The molecule has 0 saturated carbocycles. The van der Waals surface area contributed by atoms with Crippen molar-refractivity contribution in [2.75, 3.05) is 7.11 Å². The third-order valence-corrected chi connectivity index (χ3v) is 4.32. The first-order chi connectivity index (χ1) is 11.7. The number of methoxy groups -OCH3 is 1. The molecule has 2 aromatic carbocycles. The van der Waals surface area contributed by atoms with Gasteiger partial charge >= 0.3 is 5.97 Å². The molecule has 4 aromatic rings. The summed E-state index contributed by atoms with van der Waals surface area (Å²) in [6.45, 7) is 1.91. The fraction of sp³-hybridized carbons (Fsp3) is 0.100. The topological polar surface area (TPSA) is 55.0 Å². The van der Waals surface area contributed by atoms with E-state index in [0.29, 0.717) is 5.69 Å². The number of pyridine rings is 1. The van der Waals surface area contributed by atoms with Crippen LogP contribution in [0, 0.1) is 6.92 Å². The Morgan fingerprint density at radius 3 is 2.50 bits per heavy atom. The second kappa shape index (κ2) is 5.49. The molecule has 24 heavy (non-hydrogen) atoms. The maximum absolute atomic E-state index is 12.2. The highest BCUT2D eigenvalue weighted by Gasteiger charge is 2.21. The minimum Gasteiger partial charge on any atom is -0.464 e. The first-order valence-corrected chi connectivity index (χ1v) is 7.75. The minimum atomic E-state index is -0.420. The van der Waals surface area contributed by atoms with Gasteiger partial charge in [0.25, 0.3) is 0 Å². The summed E-state index contributed by atoms with van der Waals surface area (Å²) in [6, 6.07) is 17.9. The molecule has 0 radical (unpaired) electrons. The number of fused-ring (bicyclic) bond motifs is 3. The first kappa shape index (κ1) is 14.5. The van der Waals surface area contributed by atoms with Crippen LogP contribution in [0.2, 0.25) is 0 Å². The van der Waals surface area contributed by atoms with Crippen LogP contribution >= 0.6 is 0 Å². The summed E-state index contributed by atoms with van der Waals surface area (Å²) in [5.74, 6) is -0.420. The van der Waals surface area contributed by atoms with Crippen molar-refractivity contribution >= 4 is 27.8 Å². The molecule has 4 heteroatoms. The number of H-pyrrole nitrogens is 1. The Hall–Kier alpha value is -3.14. The average Bonchev–Trinajstić information content (AvgIpc) is 3.02. The molecule has 0 unspecified atom stereocenters. The number of para-hydroxylation sites is 1. The molecule has 0 atom stereocenters. The Morgan fingerprint density at radius 1 is 1.04 bits per heavy atom. The number of hydrogen-bond acceptors (Lipinski definition) is 3. The van der Waals surface area contributed by atoms with Crippen LogP contribution in [0.15, 0.2) is 54.6 Å². The molecular formula is C20H16N2O2. The third kappa shape index (κ3) is 2.07. The quantitative estimate of drug-likeness (QED) is 0.555. The van der Waals surface area contributed by atoms with Crippen LogP contribution in [0.5, 0.6) is 0 Å². The second-order valence-electron chi connectivity index (χ2n) is 5.71. The molecule has 0 fully saturated rings. The largest absolute Gasteiger partial charge is 0.464 e. The van der Waals surface area contributed by atoms with Crippen molar-refractivity contribution in [2.24, 2.45) is 0 Å². The molecule has 0 aliphatic rings. The van der Waals surface area contributed by atoms with Gasteiger partial charge in [-0.1, -0.05) is 48.5 Å². The number of nitrogens with one attached hydrogen (secondary N) is 1. The molecule has 1 N–H and O–H groups in total. The number of hydrogen-bond donors (Lipinski definition) is 1. The summed E-state index contributed by atoms with van der Waals surface area (Å²) >= 11 is 0. The molecule has 2 aromatic heterocycles. The van der Waals surface area contributed by atoms with Crippen molar-refractivity contribution in [1.29, 1.82) is 0 Å². The zero-order valence-electron chi connectivity index (χ0n) is 13.5. The van der Waals surface area contributed by atoms with Crippen LogP contribution in [0.4, 0.5) is 0 Å². The van der Waals surface area contributed by atoms with Gasteiger partial charge < -0.3 is 9.72 Å². The van der Waals surface area contributed by atoms with Crippen molar-refractivity contribution in [1.82, 2.24) is 9.97 Å². The fourth-order valence-corrected chi connectivity index (χ4v) is 3.18. The van der Waals surface area contributed by atoms with Gasteiger partial charge in [-0.05, 0) is 18.6 Å². The average molecular weight is 316 g/mol. The summed E-state index contributed by atoms with van der Waals surface area (Å²) in [4.78, 5) is 20.3. The summed E-state index contributed by atoms with van der Waals surface area (Å²) < 4.78 is 4.93. The standard InChI is InChI=1S/C20H16N2O2/c1-12-16-14-10-6-7-11-15(14)21-19(16)18(13-8-4-3-5-9-13)22-17(12)20(23)24-2/h3-11,21H,1-2H3. The first-order valence-electron chi connectivity index (χ1n) is 7.75. The molecule has 0 saturated heterocycles. The second-order valence-corrected chi connectivity index (χ2v) is 5.71. The Labute approximate surface area is 139 Å². The van der Waals surface area contributed by atoms with Crippen molar-refractivity contribution in [3.8, 4) is 11.3 Å². The van der Waals surface area contributed by atoms with Gasteiger partial charge in [0, 0.05) is 21.9 Å². The van der Waals surface area contributed by atoms with Gasteiger partial charge in [0.1, 0.15) is 0 Å². The number of rotatable bonds is 2. The van der Waals surface area contributed by atoms with Gasteiger partial charge in [-0.3, -0.25) is 0 Å². The highest BCUT2D eigenvalue weighted by Crippen LogP contribution is 2.35. The SMILES string of the molecule is COC(=O)c1nc(-c2ccccc2)c2[nH]c3ccccc3c2c1C. The number of carbonyl (C=O) groups excluding carboxylic acids is 1. The lowest BCUT2D eigenvalue weighted by molar-refractivity contribution is 0.0593. The van der Waals surface area contributed by atoms with E-state index in [-0.39, 0.29) is 0 Å². The molecule has 0 spiro atoms. The Kier molecular flexibility index (Phi) is 3.31. The van der Waals surface area contributed by atoms with E-state index in [9.17, 15) is 4.79 Å². The monoisotopic (exact) mass is 316 g/mol. The highest BCUT2D eigenvalue weighted by atomic mass is 16.5. The Bertz CT molecular complexity index is 1070. The number of ether oxygens (including phenoxy) is 1. The molecular weight excluding hydrogens is 300 g/mol. The smallest absolute Gasteiger partial charge is 0.356 e. The number of carbonyl (C=O) groups is 1. The lowest BCUT2D eigenvalue weighted by atomic mass is 10.0. The fourth-order valence-electron chi connectivity index (χ4n) is 3.18. The summed E-state index contributed by atoms with van der Waals surface area (Å²) in [7, 11) is 1.38. The Morgan fingerprint density at radius 2 is 1.75 bits per heavy atom. The van der Waals surface area contributed by atoms with E-state index in [2.05, 4.69) is 16.0 Å². The number of esters is 1. The van der Waals surface area contributed by atoms with Crippen molar-refractivity contribution < 1.29 is 9.53 Å².